The van der Waals surface area contributed by atoms with Crippen molar-refractivity contribution < 1.29 is 9.84 Å². The van der Waals surface area contributed by atoms with Crippen LogP contribution in [0.4, 0.5) is 0 Å². The zero-order valence-corrected chi connectivity index (χ0v) is 7.67. The number of thiazole rings is 1. The van der Waals surface area contributed by atoms with Crippen molar-refractivity contribution in [3.63, 3.8) is 0 Å². The van der Waals surface area contributed by atoms with E-state index in [2.05, 4.69) is 4.98 Å². The minimum absolute atomic E-state index is 0.0733. The Morgan fingerprint density at radius 1 is 1.83 bits per heavy atom. The van der Waals surface area contributed by atoms with Crippen molar-refractivity contribution in [3.05, 3.63) is 16.1 Å². The molecule has 0 aliphatic carbocycles. The molecular formula is C7H12N2O2S. The van der Waals surface area contributed by atoms with Gasteiger partial charge in [-0.1, -0.05) is 0 Å². The second kappa shape index (κ2) is 4.51. The summed E-state index contributed by atoms with van der Waals surface area (Å²) in [5.41, 5.74) is 6.29. The van der Waals surface area contributed by atoms with E-state index in [0.717, 1.165) is 10.7 Å². The number of nitrogens with two attached hydrogens (primary N) is 1. The molecule has 5 heteroatoms. The third kappa shape index (κ3) is 2.25. The first-order valence-corrected chi connectivity index (χ1v) is 4.45. The van der Waals surface area contributed by atoms with Gasteiger partial charge in [-0.15, -0.1) is 11.3 Å². The predicted octanol–water partition coefficient (Wildman–Crippen LogP) is 0.282. The van der Waals surface area contributed by atoms with Crippen LogP contribution >= 0.6 is 11.3 Å². The smallest absolute Gasteiger partial charge is 0.119 e. The molecule has 1 aromatic heterocycles. The van der Waals surface area contributed by atoms with E-state index in [-0.39, 0.29) is 12.6 Å². The van der Waals surface area contributed by atoms with Crippen LogP contribution in [0.1, 0.15) is 16.7 Å². The summed E-state index contributed by atoms with van der Waals surface area (Å²) < 4.78 is 4.90. The SMILES string of the molecule is COCc1nc([C@H](N)CO)cs1. The number of methoxy groups -OCH3 is 1. The molecule has 4 nitrogen and oxygen atoms in total. The lowest BCUT2D eigenvalue weighted by Crippen LogP contribution is -2.14. The van der Waals surface area contributed by atoms with Crippen LogP contribution < -0.4 is 5.73 Å². The van der Waals surface area contributed by atoms with Crippen LogP contribution in [0.2, 0.25) is 0 Å². The monoisotopic (exact) mass is 188 g/mol. The third-order valence-electron chi connectivity index (χ3n) is 1.41. The molecule has 0 saturated carbocycles. The van der Waals surface area contributed by atoms with Gasteiger partial charge in [0.05, 0.1) is 24.9 Å². The number of ether oxygens (including phenoxy) is 1. The first-order valence-electron chi connectivity index (χ1n) is 3.57. The van der Waals surface area contributed by atoms with Gasteiger partial charge in [-0.05, 0) is 0 Å². The zero-order valence-electron chi connectivity index (χ0n) is 6.86. The lowest BCUT2D eigenvalue weighted by atomic mass is 10.3. The van der Waals surface area contributed by atoms with Gasteiger partial charge >= 0.3 is 0 Å². The van der Waals surface area contributed by atoms with Gasteiger partial charge in [0.15, 0.2) is 0 Å². The number of aromatic nitrogens is 1. The largest absolute Gasteiger partial charge is 0.394 e. The van der Waals surface area contributed by atoms with Crippen molar-refractivity contribution >= 4 is 11.3 Å². The van der Waals surface area contributed by atoms with Crippen LogP contribution in [0.25, 0.3) is 0 Å². The summed E-state index contributed by atoms with van der Waals surface area (Å²) in [5.74, 6) is 0. The highest BCUT2D eigenvalue weighted by Gasteiger charge is 2.08. The Hall–Kier alpha value is -0.490. The fourth-order valence-corrected chi connectivity index (χ4v) is 1.61. The van der Waals surface area contributed by atoms with Crippen LogP contribution in [0, 0.1) is 0 Å². The Labute approximate surface area is 75.0 Å². The van der Waals surface area contributed by atoms with E-state index in [9.17, 15) is 0 Å². The van der Waals surface area contributed by atoms with Crippen molar-refractivity contribution in [1.29, 1.82) is 0 Å². The quantitative estimate of drug-likeness (QED) is 0.712. The summed E-state index contributed by atoms with van der Waals surface area (Å²) in [4.78, 5) is 4.18. The Kier molecular flexibility index (Phi) is 3.61. The molecule has 68 valence electrons. The van der Waals surface area contributed by atoms with Gasteiger partial charge in [0.25, 0.3) is 0 Å². The van der Waals surface area contributed by atoms with E-state index >= 15 is 0 Å². The Bertz CT molecular complexity index is 239. The van der Waals surface area contributed by atoms with E-state index in [0.29, 0.717) is 6.61 Å². The zero-order chi connectivity index (χ0) is 8.97. The molecule has 12 heavy (non-hydrogen) atoms. The summed E-state index contributed by atoms with van der Waals surface area (Å²) >= 11 is 1.49. The van der Waals surface area contributed by atoms with E-state index < -0.39 is 0 Å². The molecule has 0 aliphatic heterocycles. The maximum absolute atomic E-state index is 8.74. The van der Waals surface area contributed by atoms with Crippen LogP contribution in [-0.4, -0.2) is 23.8 Å². The normalized spacial score (nSPS) is 13.2. The topological polar surface area (TPSA) is 68.4 Å². The van der Waals surface area contributed by atoms with Gasteiger partial charge < -0.3 is 15.6 Å². The Morgan fingerprint density at radius 3 is 3.17 bits per heavy atom. The van der Waals surface area contributed by atoms with Gasteiger partial charge in [-0.3, -0.25) is 0 Å². The van der Waals surface area contributed by atoms with Crippen molar-refractivity contribution in [2.24, 2.45) is 5.73 Å². The fourth-order valence-electron chi connectivity index (χ4n) is 0.779. The van der Waals surface area contributed by atoms with Crippen molar-refractivity contribution in [2.45, 2.75) is 12.6 Å². The molecule has 0 aliphatic rings. The first-order chi connectivity index (χ1) is 5.77. The highest BCUT2D eigenvalue weighted by atomic mass is 32.1. The van der Waals surface area contributed by atoms with E-state index in [4.69, 9.17) is 15.6 Å². The summed E-state index contributed by atoms with van der Waals surface area (Å²) in [5, 5.41) is 11.5. The van der Waals surface area contributed by atoms with Gasteiger partial charge in [0, 0.05) is 12.5 Å². The van der Waals surface area contributed by atoms with Crippen LogP contribution in [-0.2, 0) is 11.3 Å². The van der Waals surface area contributed by atoms with Crippen LogP contribution in [0.15, 0.2) is 5.38 Å². The van der Waals surface area contributed by atoms with E-state index in [1.807, 2.05) is 5.38 Å². The van der Waals surface area contributed by atoms with Crippen molar-refractivity contribution in [2.75, 3.05) is 13.7 Å². The minimum atomic E-state index is -0.369. The molecule has 3 N–H and O–H groups in total. The average molecular weight is 188 g/mol. The lowest BCUT2D eigenvalue weighted by Gasteiger charge is -2.01. The van der Waals surface area contributed by atoms with Crippen molar-refractivity contribution in [3.8, 4) is 0 Å². The van der Waals surface area contributed by atoms with E-state index in [1.165, 1.54) is 11.3 Å². The van der Waals surface area contributed by atoms with Crippen LogP contribution in [0.3, 0.4) is 0 Å². The molecule has 0 saturated heterocycles. The molecule has 1 atom stereocenters. The minimum Gasteiger partial charge on any atom is -0.394 e. The van der Waals surface area contributed by atoms with Gasteiger partial charge in [-0.25, -0.2) is 4.98 Å². The van der Waals surface area contributed by atoms with Gasteiger partial charge in [0.2, 0.25) is 0 Å². The average Bonchev–Trinajstić information content (AvgIpc) is 2.52. The molecule has 1 rings (SSSR count). The molecule has 0 amide bonds. The Morgan fingerprint density at radius 2 is 2.58 bits per heavy atom. The first kappa shape index (κ1) is 9.60. The molecule has 0 radical (unpaired) electrons. The predicted molar refractivity (Wildman–Crippen MR) is 46.8 cm³/mol. The maximum Gasteiger partial charge on any atom is 0.119 e. The standard InChI is InChI=1S/C7H12N2O2S/c1-11-3-7-9-6(4-12-7)5(8)2-10/h4-5,10H,2-3,8H2,1H3/t5-/m1/s1. The molecule has 1 aromatic rings. The van der Waals surface area contributed by atoms with Gasteiger partial charge in [-0.2, -0.15) is 0 Å². The molecule has 0 fully saturated rings. The third-order valence-corrected chi connectivity index (χ3v) is 2.25. The van der Waals surface area contributed by atoms with E-state index in [1.54, 1.807) is 7.11 Å². The summed E-state index contributed by atoms with van der Waals surface area (Å²) in [6, 6.07) is -0.369. The number of nitrogens with zero attached hydrogens (tertiary/aromatic N) is 1. The number of hydrogen-bond acceptors (Lipinski definition) is 5. The highest BCUT2D eigenvalue weighted by molar-refractivity contribution is 7.09. The van der Waals surface area contributed by atoms with Crippen molar-refractivity contribution in [1.82, 2.24) is 4.98 Å². The molecule has 0 aromatic carbocycles. The molecular weight excluding hydrogens is 176 g/mol. The highest BCUT2D eigenvalue weighted by Crippen LogP contribution is 2.15. The number of aliphatic hydroxyl groups is 1. The second-order valence-corrected chi connectivity index (χ2v) is 3.33. The van der Waals surface area contributed by atoms with Gasteiger partial charge in [0.1, 0.15) is 5.01 Å². The molecule has 0 bridgehead atoms. The second-order valence-electron chi connectivity index (χ2n) is 2.39. The van der Waals surface area contributed by atoms with Crippen LogP contribution in [0.5, 0.6) is 0 Å². The Balaban J connectivity index is 2.63. The lowest BCUT2D eigenvalue weighted by molar-refractivity contribution is 0.184. The summed E-state index contributed by atoms with van der Waals surface area (Å²) in [7, 11) is 1.62. The fraction of sp³-hybridized carbons (Fsp3) is 0.571. The number of hydrogen-bond donors (Lipinski definition) is 2. The molecule has 0 spiro atoms. The maximum atomic E-state index is 8.74. The summed E-state index contributed by atoms with van der Waals surface area (Å²) in [6.45, 7) is 0.430. The summed E-state index contributed by atoms with van der Waals surface area (Å²) in [6.07, 6.45) is 0. The number of aliphatic hydroxyl groups excluding tert-OH is 1. The molecule has 0 unspecified atom stereocenters. The number of rotatable bonds is 4. The molecule has 1 heterocycles.